The molecule has 0 aliphatic carbocycles. The number of amidine groups is 1. The van der Waals surface area contributed by atoms with E-state index in [-0.39, 0.29) is 11.4 Å². The molecule has 0 aromatic heterocycles. The highest BCUT2D eigenvalue weighted by atomic mass is 32.2. The van der Waals surface area contributed by atoms with Gasteiger partial charge in [0.05, 0.1) is 10.6 Å². The molecule has 1 fully saturated rings. The number of benzene rings is 2. The number of fused-ring (bicyclic) bond motifs is 1. The summed E-state index contributed by atoms with van der Waals surface area (Å²) < 4.78 is 5.23. The van der Waals surface area contributed by atoms with Crippen LogP contribution in [0.1, 0.15) is 70.1 Å². The summed E-state index contributed by atoms with van der Waals surface area (Å²) in [5.41, 5.74) is 5.94. The molecule has 1 amide bonds. The predicted octanol–water partition coefficient (Wildman–Crippen LogP) is 7.14. The van der Waals surface area contributed by atoms with Crippen molar-refractivity contribution >= 4 is 40.3 Å². The number of carbonyl (C=O) groups is 1. The molecule has 1 atom stereocenters. The summed E-state index contributed by atoms with van der Waals surface area (Å²) in [6.07, 6.45) is 3.93. The minimum atomic E-state index is 0.0147. The van der Waals surface area contributed by atoms with E-state index in [1.165, 1.54) is 28.6 Å². The molecule has 2 aliphatic heterocycles. The van der Waals surface area contributed by atoms with Crippen LogP contribution in [0.5, 0.6) is 0 Å². The third-order valence-electron chi connectivity index (χ3n) is 7.07. The minimum Gasteiger partial charge on any atom is -0.385 e. The molecule has 192 valence electrons. The molecular formula is C30H39N3O2S. The van der Waals surface area contributed by atoms with Crippen LogP contribution in [-0.4, -0.2) is 47.8 Å². The molecule has 2 aromatic carbocycles. The number of aryl methyl sites for hydroxylation is 1. The zero-order valence-electron chi connectivity index (χ0n) is 22.7. The monoisotopic (exact) mass is 505 g/mol. The van der Waals surface area contributed by atoms with Crippen molar-refractivity contribution in [2.45, 2.75) is 71.9 Å². The summed E-state index contributed by atoms with van der Waals surface area (Å²) in [5.74, 6) is 0.469. The molecule has 6 heteroatoms. The number of aliphatic imine (C=N–C) groups is 1. The number of carbonyl (C=O) groups excluding carboxylic acids is 1. The summed E-state index contributed by atoms with van der Waals surface area (Å²) in [7, 11) is 1.69. The molecule has 0 spiro atoms. The maximum Gasteiger partial charge on any atom is 0.266 e. The Morgan fingerprint density at radius 3 is 2.61 bits per heavy atom. The Hall–Kier alpha value is -2.57. The Balaban J connectivity index is 1.71. The van der Waals surface area contributed by atoms with Gasteiger partial charge in [-0.1, -0.05) is 25.1 Å². The van der Waals surface area contributed by atoms with E-state index >= 15 is 0 Å². The van der Waals surface area contributed by atoms with Crippen LogP contribution in [0.4, 0.5) is 11.4 Å². The van der Waals surface area contributed by atoms with Gasteiger partial charge in [0.2, 0.25) is 0 Å². The first-order valence-electron chi connectivity index (χ1n) is 12.9. The number of rotatable bonds is 7. The van der Waals surface area contributed by atoms with E-state index in [0.717, 1.165) is 34.2 Å². The van der Waals surface area contributed by atoms with Crippen LogP contribution in [0.2, 0.25) is 0 Å². The smallest absolute Gasteiger partial charge is 0.266 e. The Bertz CT molecular complexity index is 1170. The van der Waals surface area contributed by atoms with Crippen LogP contribution in [-0.2, 0) is 9.53 Å². The second-order valence-electron chi connectivity index (χ2n) is 10.8. The van der Waals surface area contributed by atoms with Gasteiger partial charge in [0, 0.05) is 37.5 Å². The van der Waals surface area contributed by atoms with Gasteiger partial charge in [-0.05, 0) is 112 Å². The van der Waals surface area contributed by atoms with Crippen molar-refractivity contribution in [2.24, 2.45) is 4.99 Å². The molecule has 0 saturated carbocycles. The number of methoxy groups -OCH3 is 1. The lowest BCUT2D eigenvalue weighted by Crippen LogP contribution is -2.51. The summed E-state index contributed by atoms with van der Waals surface area (Å²) in [4.78, 5) is 23.4. The lowest BCUT2D eigenvalue weighted by Gasteiger charge is -2.50. The fourth-order valence-electron chi connectivity index (χ4n) is 5.66. The van der Waals surface area contributed by atoms with Crippen LogP contribution in [0, 0.1) is 6.92 Å². The fourth-order valence-corrected chi connectivity index (χ4v) is 6.67. The topological polar surface area (TPSA) is 45.1 Å². The third kappa shape index (κ3) is 5.40. The maximum absolute atomic E-state index is 13.5. The number of anilines is 1. The van der Waals surface area contributed by atoms with Gasteiger partial charge in [0.15, 0.2) is 5.17 Å². The third-order valence-corrected chi connectivity index (χ3v) is 8.07. The van der Waals surface area contributed by atoms with Crippen molar-refractivity contribution in [3.05, 3.63) is 64.1 Å². The van der Waals surface area contributed by atoms with Gasteiger partial charge in [0.1, 0.15) is 0 Å². The molecule has 0 bridgehead atoms. The maximum atomic E-state index is 13.5. The van der Waals surface area contributed by atoms with Crippen LogP contribution in [0.25, 0.3) is 6.08 Å². The van der Waals surface area contributed by atoms with Crippen LogP contribution >= 0.6 is 11.8 Å². The Kier molecular flexibility index (Phi) is 7.96. The van der Waals surface area contributed by atoms with Gasteiger partial charge in [-0.3, -0.25) is 9.69 Å². The molecule has 5 nitrogen and oxygen atoms in total. The molecule has 1 unspecified atom stereocenters. The van der Waals surface area contributed by atoms with Crippen molar-refractivity contribution in [2.75, 3.05) is 25.2 Å². The minimum absolute atomic E-state index is 0.0147. The first kappa shape index (κ1) is 26.5. The number of amides is 1. The normalized spacial score (nSPS) is 21.7. The van der Waals surface area contributed by atoms with Crippen molar-refractivity contribution in [3.8, 4) is 0 Å². The summed E-state index contributed by atoms with van der Waals surface area (Å²) >= 11 is 1.46. The number of nitrogens with zero attached hydrogens (tertiary/aromatic N) is 3. The average Bonchev–Trinajstić information content (AvgIpc) is 3.09. The van der Waals surface area contributed by atoms with E-state index < -0.39 is 0 Å². The van der Waals surface area contributed by atoms with Crippen molar-refractivity contribution in [3.63, 3.8) is 0 Å². The summed E-state index contributed by atoms with van der Waals surface area (Å²) in [5, 5.41) is 0.727. The predicted molar refractivity (Wildman–Crippen MR) is 153 cm³/mol. The molecule has 2 aromatic rings. The van der Waals surface area contributed by atoms with Gasteiger partial charge >= 0.3 is 0 Å². The zero-order chi connectivity index (χ0) is 26.0. The fraction of sp³-hybridized carbons (Fsp3) is 0.467. The van der Waals surface area contributed by atoms with Crippen molar-refractivity contribution in [1.29, 1.82) is 0 Å². The molecular weight excluding hydrogens is 466 g/mol. The number of hydrogen-bond donors (Lipinski definition) is 0. The second kappa shape index (κ2) is 10.8. The summed E-state index contributed by atoms with van der Waals surface area (Å²) in [6, 6.07) is 14.9. The van der Waals surface area contributed by atoms with Crippen molar-refractivity contribution in [1.82, 2.24) is 4.90 Å². The quantitative estimate of drug-likeness (QED) is 0.296. The average molecular weight is 506 g/mol. The Morgan fingerprint density at radius 2 is 1.94 bits per heavy atom. The van der Waals surface area contributed by atoms with Gasteiger partial charge in [-0.2, -0.15) is 0 Å². The van der Waals surface area contributed by atoms with E-state index in [1.54, 1.807) is 12.0 Å². The van der Waals surface area contributed by atoms with E-state index in [9.17, 15) is 4.79 Å². The largest absolute Gasteiger partial charge is 0.385 e. The highest BCUT2D eigenvalue weighted by molar-refractivity contribution is 8.18. The van der Waals surface area contributed by atoms with Gasteiger partial charge in [-0.25, -0.2) is 4.99 Å². The van der Waals surface area contributed by atoms with E-state index in [4.69, 9.17) is 9.73 Å². The van der Waals surface area contributed by atoms with Crippen LogP contribution in [0.15, 0.2) is 52.4 Å². The van der Waals surface area contributed by atoms with Gasteiger partial charge in [-0.15, -0.1) is 0 Å². The first-order chi connectivity index (χ1) is 17.1. The SMILES string of the molecule is COCCCN1C(=O)/C(=C/c2cc3c(cc2C)N(C(C)C)C(C)(C)CC3C)SC1=Nc1ccccc1. The highest BCUT2D eigenvalue weighted by Gasteiger charge is 2.38. The molecule has 0 N–H and O–H groups in total. The molecule has 4 rings (SSSR count). The molecule has 2 heterocycles. The van der Waals surface area contributed by atoms with Gasteiger partial charge < -0.3 is 9.64 Å². The van der Waals surface area contributed by atoms with E-state index in [0.29, 0.717) is 25.1 Å². The zero-order valence-corrected chi connectivity index (χ0v) is 23.5. The Morgan fingerprint density at radius 1 is 1.22 bits per heavy atom. The lowest BCUT2D eigenvalue weighted by atomic mass is 9.78. The molecule has 0 radical (unpaired) electrons. The number of ether oxygens (including phenoxy) is 1. The number of thioether (sulfide) groups is 1. The van der Waals surface area contributed by atoms with E-state index in [1.807, 2.05) is 30.3 Å². The standard InChI is InChI=1S/C30H39N3O2S/c1-20(2)33-26-16-21(3)23(17-25(26)22(4)19-30(33,5)6)18-27-28(34)32(14-11-15-35-7)29(36-27)31-24-12-9-8-10-13-24/h8-10,12-13,16-18,20,22H,11,14-15,19H2,1-7H3/b27-18-,31-29?. The molecule has 2 aliphatic rings. The Labute approximate surface area is 220 Å². The lowest BCUT2D eigenvalue weighted by molar-refractivity contribution is -0.122. The number of para-hydroxylation sites is 1. The van der Waals surface area contributed by atoms with Gasteiger partial charge in [0.25, 0.3) is 5.91 Å². The van der Waals surface area contributed by atoms with Crippen molar-refractivity contribution < 1.29 is 9.53 Å². The van der Waals surface area contributed by atoms with Crippen LogP contribution in [0.3, 0.4) is 0 Å². The van der Waals surface area contributed by atoms with Crippen LogP contribution < -0.4 is 4.90 Å². The second-order valence-corrected chi connectivity index (χ2v) is 11.8. The van der Waals surface area contributed by atoms with E-state index in [2.05, 4.69) is 64.7 Å². The summed E-state index contributed by atoms with van der Waals surface area (Å²) in [6.45, 7) is 14.9. The number of hydrogen-bond acceptors (Lipinski definition) is 5. The highest BCUT2D eigenvalue weighted by Crippen LogP contribution is 2.46. The molecule has 1 saturated heterocycles. The molecule has 36 heavy (non-hydrogen) atoms. The first-order valence-corrected chi connectivity index (χ1v) is 13.7.